The summed E-state index contributed by atoms with van der Waals surface area (Å²) in [6.07, 6.45) is 3.71. The van der Waals surface area contributed by atoms with Gasteiger partial charge < -0.3 is 11.1 Å². The Hall–Kier alpha value is -0.220. The predicted octanol–water partition coefficient (Wildman–Crippen LogP) is 0.982. The topological polar surface area (TPSA) is 55.1 Å². The first kappa shape index (κ1) is 12.8. The first-order valence-electron chi connectivity index (χ1n) is 4.66. The maximum Gasteiger partial charge on any atom is 0.237 e. The average molecular weight is 204 g/mol. The molecule has 3 nitrogen and oxygen atoms in total. The predicted molar refractivity (Wildman–Crippen MR) is 58.9 cm³/mol. The first-order valence-corrected chi connectivity index (χ1v) is 6.06. The van der Waals surface area contributed by atoms with Gasteiger partial charge in [0.2, 0.25) is 5.91 Å². The zero-order valence-corrected chi connectivity index (χ0v) is 9.49. The Morgan fingerprint density at radius 1 is 1.62 bits per heavy atom. The Kier molecular flexibility index (Phi) is 7.09. The molecule has 0 radical (unpaired) electrons. The van der Waals surface area contributed by atoms with Crippen LogP contribution in [0.2, 0.25) is 0 Å². The largest absolute Gasteiger partial charge is 0.352 e. The number of rotatable bonds is 6. The zero-order valence-electron chi connectivity index (χ0n) is 8.67. The number of hydrogen-bond donors (Lipinski definition) is 2. The molecule has 0 unspecified atom stereocenters. The second-order valence-corrected chi connectivity index (χ2v) is 4.19. The van der Waals surface area contributed by atoms with E-state index >= 15 is 0 Å². The van der Waals surface area contributed by atoms with E-state index in [0.717, 1.165) is 18.6 Å². The molecular formula is C9H20N2OS. The minimum atomic E-state index is -0.346. The van der Waals surface area contributed by atoms with Gasteiger partial charge in [-0.2, -0.15) is 11.8 Å². The van der Waals surface area contributed by atoms with Gasteiger partial charge in [0.15, 0.2) is 0 Å². The number of hydrogen-bond acceptors (Lipinski definition) is 3. The van der Waals surface area contributed by atoms with Crippen LogP contribution < -0.4 is 11.1 Å². The Bertz CT molecular complexity index is 153. The highest BCUT2D eigenvalue weighted by Crippen LogP contribution is 1.99. The molecule has 3 N–H and O–H groups in total. The van der Waals surface area contributed by atoms with E-state index in [4.69, 9.17) is 5.73 Å². The molecule has 0 aliphatic carbocycles. The Morgan fingerprint density at radius 2 is 2.23 bits per heavy atom. The van der Waals surface area contributed by atoms with Crippen molar-refractivity contribution in [1.82, 2.24) is 5.32 Å². The molecule has 0 heterocycles. The molecule has 0 aliphatic rings. The van der Waals surface area contributed by atoms with E-state index in [1.165, 1.54) is 0 Å². The number of nitrogens with two attached hydrogens (primary N) is 1. The van der Waals surface area contributed by atoms with Crippen LogP contribution in [0.5, 0.6) is 0 Å². The lowest BCUT2D eigenvalue weighted by atomic mass is 10.2. The number of amides is 1. The van der Waals surface area contributed by atoms with Crippen LogP contribution >= 0.6 is 11.8 Å². The van der Waals surface area contributed by atoms with Crippen LogP contribution in [0.25, 0.3) is 0 Å². The van der Waals surface area contributed by atoms with Crippen molar-refractivity contribution in [3.63, 3.8) is 0 Å². The molecular weight excluding hydrogens is 184 g/mol. The van der Waals surface area contributed by atoms with Crippen LogP contribution in [0.1, 0.15) is 26.7 Å². The van der Waals surface area contributed by atoms with Crippen LogP contribution in [0.15, 0.2) is 0 Å². The minimum Gasteiger partial charge on any atom is -0.352 e. The van der Waals surface area contributed by atoms with E-state index in [2.05, 4.69) is 5.32 Å². The van der Waals surface area contributed by atoms with Gasteiger partial charge in [0.1, 0.15) is 0 Å². The Balaban J connectivity index is 3.68. The van der Waals surface area contributed by atoms with Crippen LogP contribution in [-0.2, 0) is 4.79 Å². The number of nitrogens with one attached hydrogen (secondary N) is 1. The molecule has 0 aromatic heterocycles. The highest BCUT2D eigenvalue weighted by molar-refractivity contribution is 7.98. The van der Waals surface area contributed by atoms with Gasteiger partial charge in [0.25, 0.3) is 0 Å². The summed E-state index contributed by atoms with van der Waals surface area (Å²) in [5.74, 6) is 0.915. The van der Waals surface area contributed by atoms with Crippen molar-refractivity contribution in [2.45, 2.75) is 38.8 Å². The normalized spacial score (nSPS) is 15.1. The van der Waals surface area contributed by atoms with Gasteiger partial charge in [-0.05, 0) is 31.8 Å². The highest BCUT2D eigenvalue weighted by atomic mass is 32.2. The molecule has 4 heteroatoms. The van der Waals surface area contributed by atoms with E-state index in [-0.39, 0.29) is 18.0 Å². The summed E-state index contributed by atoms with van der Waals surface area (Å²) in [6.45, 7) is 4.03. The van der Waals surface area contributed by atoms with Gasteiger partial charge in [-0.3, -0.25) is 4.79 Å². The van der Waals surface area contributed by atoms with Crippen molar-refractivity contribution >= 4 is 17.7 Å². The molecule has 2 atom stereocenters. The lowest BCUT2D eigenvalue weighted by Gasteiger charge is -2.15. The van der Waals surface area contributed by atoms with Crippen LogP contribution in [0.3, 0.4) is 0 Å². The van der Waals surface area contributed by atoms with Crippen molar-refractivity contribution in [3.05, 3.63) is 0 Å². The smallest absolute Gasteiger partial charge is 0.237 e. The van der Waals surface area contributed by atoms with Gasteiger partial charge in [-0.15, -0.1) is 0 Å². The van der Waals surface area contributed by atoms with Crippen molar-refractivity contribution in [3.8, 4) is 0 Å². The summed E-state index contributed by atoms with van der Waals surface area (Å²) in [6, 6.07) is -0.116. The fourth-order valence-electron chi connectivity index (χ4n) is 0.828. The Morgan fingerprint density at radius 3 is 2.69 bits per heavy atom. The van der Waals surface area contributed by atoms with Gasteiger partial charge in [0, 0.05) is 6.04 Å². The summed E-state index contributed by atoms with van der Waals surface area (Å²) >= 11 is 1.71. The van der Waals surface area contributed by atoms with E-state index < -0.39 is 0 Å². The van der Waals surface area contributed by atoms with E-state index in [1.54, 1.807) is 11.8 Å². The summed E-state index contributed by atoms with van der Waals surface area (Å²) in [4.78, 5) is 11.4. The zero-order chi connectivity index (χ0) is 10.3. The molecule has 0 aliphatic heterocycles. The van der Waals surface area contributed by atoms with Crippen molar-refractivity contribution in [2.24, 2.45) is 5.73 Å². The summed E-state index contributed by atoms with van der Waals surface area (Å²) < 4.78 is 0. The summed E-state index contributed by atoms with van der Waals surface area (Å²) in [5.41, 5.74) is 5.68. The molecule has 0 saturated carbocycles. The molecule has 0 spiro atoms. The van der Waals surface area contributed by atoms with E-state index in [9.17, 15) is 4.79 Å². The first-order chi connectivity index (χ1) is 6.11. The van der Waals surface area contributed by atoms with Gasteiger partial charge in [-0.1, -0.05) is 6.92 Å². The minimum absolute atomic E-state index is 0.0246. The Labute approximate surface area is 84.8 Å². The maximum absolute atomic E-state index is 11.4. The van der Waals surface area contributed by atoms with Gasteiger partial charge in [-0.25, -0.2) is 0 Å². The highest BCUT2D eigenvalue weighted by Gasteiger charge is 2.13. The maximum atomic E-state index is 11.4. The molecule has 78 valence electrons. The number of carbonyl (C=O) groups excluding carboxylic acids is 1. The molecule has 0 aromatic rings. The van der Waals surface area contributed by atoms with Crippen LogP contribution in [-0.4, -0.2) is 30.0 Å². The lowest BCUT2D eigenvalue weighted by molar-refractivity contribution is -0.123. The SMILES string of the molecule is CC[C@@H](C)NC(=O)[C@@H](N)CCSC. The molecule has 0 saturated heterocycles. The lowest BCUT2D eigenvalue weighted by Crippen LogP contribution is -2.44. The third kappa shape index (κ3) is 5.93. The third-order valence-corrected chi connectivity index (χ3v) is 2.61. The van der Waals surface area contributed by atoms with Gasteiger partial charge in [0.05, 0.1) is 6.04 Å². The van der Waals surface area contributed by atoms with Crippen molar-refractivity contribution < 1.29 is 4.79 Å². The standard InChI is InChI=1S/C9H20N2OS/c1-4-7(2)11-9(12)8(10)5-6-13-3/h7-8H,4-6,10H2,1-3H3,(H,11,12)/t7-,8+/m1/s1. The second-order valence-electron chi connectivity index (χ2n) is 3.21. The quantitative estimate of drug-likeness (QED) is 0.678. The monoisotopic (exact) mass is 204 g/mol. The van der Waals surface area contributed by atoms with Crippen molar-refractivity contribution in [1.29, 1.82) is 0 Å². The number of carbonyl (C=O) groups is 1. The second kappa shape index (κ2) is 7.21. The van der Waals surface area contributed by atoms with E-state index in [0.29, 0.717) is 0 Å². The molecule has 13 heavy (non-hydrogen) atoms. The van der Waals surface area contributed by atoms with Gasteiger partial charge >= 0.3 is 0 Å². The molecule has 0 aromatic carbocycles. The fraction of sp³-hybridized carbons (Fsp3) is 0.889. The van der Waals surface area contributed by atoms with E-state index in [1.807, 2.05) is 20.1 Å². The fourth-order valence-corrected chi connectivity index (χ4v) is 1.32. The molecule has 0 fully saturated rings. The molecule has 0 rings (SSSR count). The van der Waals surface area contributed by atoms with Crippen LogP contribution in [0.4, 0.5) is 0 Å². The molecule has 1 amide bonds. The average Bonchev–Trinajstić information content (AvgIpc) is 2.13. The molecule has 0 bridgehead atoms. The van der Waals surface area contributed by atoms with Crippen molar-refractivity contribution in [2.75, 3.05) is 12.0 Å². The third-order valence-electron chi connectivity index (χ3n) is 1.97. The summed E-state index contributed by atoms with van der Waals surface area (Å²) in [7, 11) is 0. The summed E-state index contributed by atoms with van der Waals surface area (Å²) in [5, 5.41) is 2.87. The van der Waals surface area contributed by atoms with Crippen LogP contribution in [0, 0.1) is 0 Å². The number of thioether (sulfide) groups is 1.